The number of ether oxygens (including phenoxy) is 1. The fourth-order valence-corrected chi connectivity index (χ4v) is 1.74. The van der Waals surface area contributed by atoms with Crippen molar-refractivity contribution in [1.29, 1.82) is 0 Å². The Morgan fingerprint density at radius 2 is 1.87 bits per heavy atom. The van der Waals surface area contributed by atoms with Crippen molar-refractivity contribution in [1.82, 2.24) is 0 Å². The van der Waals surface area contributed by atoms with E-state index in [0.717, 1.165) is 16.9 Å². The normalized spacial score (nSPS) is 10.5. The second-order valence-corrected chi connectivity index (χ2v) is 9.43. The molecule has 0 heterocycles. The van der Waals surface area contributed by atoms with E-state index in [4.69, 9.17) is 4.74 Å². The lowest BCUT2D eigenvalue weighted by Gasteiger charge is -2.05. The number of aryl methyl sites for hydroxylation is 1. The van der Waals surface area contributed by atoms with Crippen molar-refractivity contribution < 1.29 is 4.74 Å². The SMILES string of the molecule is COc1ccc(C#C[Si](C)(C)C)cc1C. The van der Waals surface area contributed by atoms with Gasteiger partial charge >= 0.3 is 0 Å². The van der Waals surface area contributed by atoms with Gasteiger partial charge in [-0.1, -0.05) is 25.6 Å². The van der Waals surface area contributed by atoms with E-state index in [-0.39, 0.29) is 0 Å². The predicted molar refractivity (Wildman–Crippen MR) is 68.0 cm³/mol. The van der Waals surface area contributed by atoms with Gasteiger partial charge in [-0.15, -0.1) is 5.54 Å². The Morgan fingerprint density at radius 3 is 2.33 bits per heavy atom. The molecule has 1 rings (SSSR count). The first-order chi connectivity index (χ1) is 6.92. The van der Waals surface area contributed by atoms with Crippen LogP contribution in [0, 0.1) is 18.4 Å². The summed E-state index contributed by atoms with van der Waals surface area (Å²) in [7, 11) is 0.419. The summed E-state index contributed by atoms with van der Waals surface area (Å²) in [5, 5.41) is 0. The molecule has 0 aliphatic rings. The highest BCUT2D eigenvalue weighted by atomic mass is 28.3. The quantitative estimate of drug-likeness (QED) is 0.519. The molecule has 80 valence electrons. The average molecular weight is 218 g/mol. The van der Waals surface area contributed by atoms with Crippen molar-refractivity contribution >= 4 is 8.07 Å². The molecule has 0 amide bonds. The third kappa shape index (κ3) is 3.81. The van der Waals surface area contributed by atoms with Crippen LogP contribution in [0.2, 0.25) is 19.6 Å². The molecule has 0 fully saturated rings. The first kappa shape index (κ1) is 11.9. The summed E-state index contributed by atoms with van der Waals surface area (Å²) in [5.41, 5.74) is 5.57. The van der Waals surface area contributed by atoms with Gasteiger partial charge in [0.15, 0.2) is 0 Å². The van der Waals surface area contributed by atoms with Crippen molar-refractivity contribution in [3.63, 3.8) is 0 Å². The van der Waals surface area contributed by atoms with Gasteiger partial charge < -0.3 is 4.74 Å². The van der Waals surface area contributed by atoms with Gasteiger partial charge in [0, 0.05) is 5.56 Å². The Balaban J connectivity index is 2.97. The van der Waals surface area contributed by atoms with Crippen LogP contribution in [0.5, 0.6) is 5.75 Å². The van der Waals surface area contributed by atoms with Crippen molar-refractivity contribution in [2.24, 2.45) is 0 Å². The molecule has 0 spiro atoms. The molecule has 1 nitrogen and oxygen atoms in total. The molecule has 1 aromatic rings. The minimum absolute atomic E-state index is 0.925. The number of rotatable bonds is 1. The van der Waals surface area contributed by atoms with E-state index in [9.17, 15) is 0 Å². The van der Waals surface area contributed by atoms with E-state index in [1.165, 1.54) is 0 Å². The van der Waals surface area contributed by atoms with E-state index >= 15 is 0 Å². The molecule has 0 atom stereocenters. The van der Waals surface area contributed by atoms with E-state index in [0.29, 0.717) is 0 Å². The van der Waals surface area contributed by atoms with Gasteiger partial charge in [0.25, 0.3) is 0 Å². The first-order valence-corrected chi connectivity index (χ1v) is 8.60. The Labute approximate surface area is 93.5 Å². The minimum atomic E-state index is -1.27. The number of hydrogen-bond acceptors (Lipinski definition) is 1. The Hall–Kier alpha value is -1.20. The van der Waals surface area contributed by atoms with Gasteiger partial charge in [-0.2, -0.15) is 0 Å². The van der Waals surface area contributed by atoms with Crippen LogP contribution in [0.3, 0.4) is 0 Å². The van der Waals surface area contributed by atoms with E-state index < -0.39 is 8.07 Å². The second-order valence-electron chi connectivity index (χ2n) is 4.68. The molecule has 15 heavy (non-hydrogen) atoms. The summed E-state index contributed by atoms with van der Waals surface area (Å²) in [4.78, 5) is 0. The molecule has 0 radical (unpaired) electrons. The van der Waals surface area contributed by atoms with Gasteiger partial charge in [0.1, 0.15) is 13.8 Å². The lowest BCUT2D eigenvalue weighted by atomic mass is 10.1. The largest absolute Gasteiger partial charge is 0.496 e. The Morgan fingerprint density at radius 1 is 1.20 bits per heavy atom. The molecule has 0 aromatic heterocycles. The summed E-state index contributed by atoms with van der Waals surface area (Å²) in [5.74, 6) is 4.16. The van der Waals surface area contributed by atoms with Crippen LogP contribution in [0.4, 0.5) is 0 Å². The third-order valence-corrected chi connectivity index (χ3v) is 2.85. The van der Waals surface area contributed by atoms with Gasteiger partial charge in [-0.3, -0.25) is 0 Å². The highest BCUT2D eigenvalue weighted by Crippen LogP contribution is 2.17. The van der Waals surface area contributed by atoms with Crippen LogP contribution in [-0.2, 0) is 0 Å². The fourth-order valence-electron chi connectivity index (χ4n) is 1.22. The summed E-state index contributed by atoms with van der Waals surface area (Å²) in [6.07, 6.45) is 0. The van der Waals surface area contributed by atoms with Gasteiger partial charge in [-0.05, 0) is 30.7 Å². The lowest BCUT2D eigenvalue weighted by molar-refractivity contribution is 0.411. The summed E-state index contributed by atoms with van der Waals surface area (Å²) < 4.78 is 5.21. The zero-order chi connectivity index (χ0) is 11.5. The zero-order valence-electron chi connectivity index (χ0n) is 10.1. The maximum Gasteiger partial charge on any atom is 0.129 e. The lowest BCUT2D eigenvalue weighted by Crippen LogP contribution is -2.16. The van der Waals surface area contributed by atoms with Gasteiger partial charge in [-0.25, -0.2) is 0 Å². The molecule has 0 bridgehead atoms. The van der Waals surface area contributed by atoms with Crippen LogP contribution in [-0.4, -0.2) is 15.2 Å². The summed E-state index contributed by atoms with van der Waals surface area (Å²) in [6, 6.07) is 6.06. The van der Waals surface area contributed by atoms with Crippen molar-refractivity contribution in [2.45, 2.75) is 26.6 Å². The molecule has 2 heteroatoms. The van der Waals surface area contributed by atoms with Crippen LogP contribution >= 0.6 is 0 Å². The van der Waals surface area contributed by atoms with Crippen molar-refractivity contribution in [3.05, 3.63) is 29.3 Å². The smallest absolute Gasteiger partial charge is 0.129 e. The van der Waals surface area contributed by atoms with Crippen molar-refractivity contribution in [3.8, 4) is 17.2 Å². The van der Waals surface area contributed by atoms with E-state index in [2.05, 4.69) is 37.2 Å². The topological polar surface area (TPSA) is 9.23 Å². The maximum atomic E-state index is 5.21. The van der Waals surface area contributed by atoms with Crippen LogP contribution in [0.25, 0.3) is 0 Å². The summed E-state index contributed by atoms with van der Waals surface area (Å²) >= 11 is 0. The molecular weight excluding hydrogens is 200 g/mol. The Kier molecular flexibility index (Phi) is 3.60. The minimum Gasteiger partial charge on any atom is -0.496 e. The van der Waals surface area contributed by atoms with Crippen LogP contribution < -0.4 is 4.74 Å². The Bertz CT molecular complexity index is 405. The molecule has 1 aromatic carbocycles. The van der Waals surface area contributed by atoms with Gasteiger partial charge in [0.05, 0.1) is 7.11 Å². The van der Waals surface area contributed by atoms with Crippen LogP contribution in [0.1, 0.15) is 11.1 Å². The standard InChI is InChI=1S/C13H18OSi/c1-11-10-12(6-7-13(11)14-2)8-9-15(3,4)5/h6-7,10H,1-5H3. The molecule has 0 aliphatic heterocycles. The maximum absolute atomic E-state index is 5.21. The monoisotopic (exact) mass is 218 g/mol. The highest BCUT2D eigenvalue weighted by Gasteiger charge is 2.07. The average Bonchev–Trinajstić information content (AvgIpc) is 2.14. The second kappa shape index (κ2) is 4.54. The van der Waals surface area contributed by atoms with E-state index in [1.807, 2.05) is 19.1 Å². The summed E-state index contributed by atoms with van der Waals surface area (Å²) in [6.45, 7) is 8.78. The molecule has 0 saturated heterocycles. The molecule has 0 saturated carbocycles. The van der Waals surface area contributed by atoms with E-state index in [1.54, 1.807) is 7.11 Å². The number of methoxy groups -OCH3 is 1. The molecular formula is C13H18OSi. The molecule has 0 aliphatic carbocycles. The number of hydrogen-bond donors (Lipinski definition) is 0. The van der Waals surface area contributed by atoms with Crippen LogP contribution in [0.15, 0.2) is 18.2 Å². The molecule has 0 unspecified atom stereocenters. The van der Waals surface area contributed by atoms with Gasteiger partial charge in [0.2, 0.25) is 0 Å². The fraction of sp³-hybridized carbons (Fsp3) is 0.385. The highest BCUT2D eigenvalue weighted by molar-refractivity contribution is 6.83. The predicted octanol–water partition coefficient (Wildman–Crippen LogP) is 3.23. The van der Waals surface area contributed by atoms with Crippen molar-refractivity contribution in [2.75, 3.05) is 7.11 Å². The third-order valence-electron chi connectivity index (χ3n) is 1.98. The molecule has 0 N–H and O–H groups in total. The zero-order valence-corrected chi connectivity index (χ0v) is 11.1. The number of benzene rings is 1. The first-order valence-electron chi connectivity index (χ1n) is 5.10.